The molecule has 0 aliphatic rings. The van der Waals surface area contributed by atoms with Gasteiger partial charge in [0.15, 0.2) is 0 Å². The highest BCUT2D eigenvalue weighted by molar-refractivity contribution is 7.92. The van der Waals surface area contributed by atoms with E-state index in [9.17, 15) is 18.3 Å². The molecule has 0 spiro atoms. The number of aromatic carboxylic acids is 1. The summed E-state index contributed by atoms with van der Waals surface area (Å²) in [6, 6.07) is 12.5. The number of nitrogens with zero attached hydrogens (tertiary/aromatic N) is 5. The number of aromatic nitrogens is 4. The fourth-order valence-electron chi connectivity index (χ4n) is 5.21. The lowest BCUT2D eigenvalue weighted by Gasteiger charge is -2.27. The molecule has 2 aromatic heterocycles. The summed E-state index contributed by atoms with van der Waals surface area (Å²) in [5.41, 5.74) is 3.86. The average Bonchev–Trinajstić information content (AvgIpc) is 3.04. The summed E-state index contributed by atoms with van der Waals surface area (Å²) in [7, 11) is -0.622. The standard InChI is InChI=1S/C35H45N7O6S.2ClH/c1-23-10-8-11-24(2)32(23)29-17-31(40-34(39-29)41-49(45,46)28-13-9-12-25(16-28)33(43)44)48-22-26(18-35(3,4)5)36-21-30-37-19-27(20-38-30)42(6)14-15-47-7;;/h8-13,16-17,19-20,26,36H,14-15,18,21-22H2,1-7H3,(H,43,44)(H,39,40,41);2*1H/t26-;;/m1../s1. The van der Waals surface area contributed by atoms with Gasteiger partial charge in [0, 0.05) is 38.4 Å². The van der Waals surface area contributed by atoms with Crippen molar-refractivity contribution < 1.29 is 27.8 Å². The van der Waals surface area contributed by atoms with Gasteiger partial charge in [-0.15, -0.1) is 24.8 Å². The molecule has 1 atom stereocenters. The molecule has 0 radical (unpaired) electrons. The Morgan fingerprint density at radius 3 is 2.25 bits per heavy atom. The minimum absolute atomic E-state index is 0. The Morgan fingerprint density at radius 2 is 1.65 bits per heavy atom. The van der Waals surface area contributed by atoms with Gasteiger partial charge in [-0.1, -0.05) is 45.0 Å². The van der Waals surface area contributed by atoms with Gasteiger partial charge in [-0.2, -0.15) is 4.98 Å². The van der Waals surface area contributed by atoms with E-state index in [4.69, 9.17) is 9.47 Å². The largest absolute Gasteiger partial charge is 0.478 e. The normalized spacial score (nSPS) is 11.9. The number of carboxylic acids is 1. The number of hydrogen-bond donors (Lipinski definition) is 3. The smallest absolute Gasteiger partial charge is 0.335 e. The van der Waals surface area contributed by atoms with Crippen LogP contribution in [0.3, 0.4) is 0 Å². The van der Waals surface area contributed by atoms with E-state index in [2.05, 4.69) is 50.7 Å². The molecule has 0 aliphatic heterocycles. The van der Waals surface area contributed by atoms with Crippen LogP contribution in [0.15, 0.2) is 65.8 Å². The van der Waals surface area contributed by atoms with Crippen molar-refractivity contribution in [1.82, 2.24) is 25.3 Å². The fraction of sp³-hybridized carbons (Fsp3) is 0.400. The molecule has 2 aromatic carbocycles. The van der Waals surface area contributed by atoms with Gasteiger partial charge in [0.2, 0.25) is 11.8 Å². The van der Waals surface area contributed by atoms with Crippen LogP contribution in [0.25, 0.3) is 11.3 Å². The van der Waals surface area contributed by atoms with E-state index >= 15 is 0 Å². The Labute approximate surface area is 312 Å². The van der Waals surface area contributed by atoms with E-state index in [1.54, 1.807) is 25.6 Å². The van der Waals surface area contributed by atoms with Crippen LogP contribution < -0.4 is 19.7 Å². The third kappa shape index (κ3) is 12.6. The van der Waals surface area contributed by atoms with Crippen LogP contribution in [0.2, 0.25) is 0 Å². The maximum absolute atomic E-state index is 13.4. The summed E-state index contributed by atoms with van der Waals surface area (Å²) in [6.07, 6.45) is 4.32. The summed E-state index contributed by atoms with van der Waals surface area (Å²) >= 11 is 0. The summed E-state index contributed by atoms with van der Waals surface area (Å²) in [6.45, 7) is 12.2. The number of aryl methyl sites for hydroxylation is 2. The molecular weight excluding hydrogens is 717 g/mol. The van der Waals surface area contributed by atoms with Crippen LogP contribution in [0, 0.1) is 19.3 Å². The first-order chi connectivity index (χ1) is 23.1. The number of sulfonamides is 1. The number of halogens is 2. The van der Waals surface area contributed by atoms with Crippen molar-refractivity contribution in [2.45, 2.75) is 58.5 Å². The predicted molar refractivity (Wildman–Crippen MR) is 203 cm³/mol. The number of likely N-dealkylation sites (N-methyl/N-ethyl adjacent to an activating group) is 1. The first-order valence-electron chi connectivity index (χ1n) is 15.8. The lowest BCUT2D eigenvalue weighted by molar-refractivity contribution is 0.0696. The molecule has 3 N–H and O–H groups in total. The Morgan fingerprint density at radius 1 is 1.00 bits per heavy atom. The van der Waals surface area contributed by atoms with Gasteiger partial charge in [-0.05, 0) is 55.0 Å². The van der Waals surface area contributed by atoms with E-state index in [0.717, 1.165) is 41.4 Å². The second kappa shape index (κ2) is 19.0. The van der Waals surface area contributed by atoms with Gasteiger partial charge >= 0.3 is 5.97 Å². The molecule has 13 nitrogen and oxygen atoms in total. The van der Waals surface area contributed by atoms with Crippen LogP contribution in [0.4, 0.5) is 11.6 Å². The van der Waals surface area contributed by atoms with Crippen molar-refractivity contribution in [2.75, 3.05) is 43.5 Å². The highest BCUT2D eigenvalue weighted by Crippen LogP contribution is 2.30. The minimum Gasteiger partial charge on any atom is -0.478 e. The Bertz CT molecular complexity index is 1840. The van der Waals surface area contributed by atoms with E-state index in [-0.39, 0.29) is 65.2 Å². The number of anilines is 2. The number of benzene rings is 2. The van der Waals surface area contributed by atoms with E-state index in [1.165, 1.54) is 18.2 Å². The summed E-state index contributed by atoms with van der Waals surface area (Å²) < 4.78 is 40.6. The zero-order valence-electron chi connectivity index (χ0n) is 29.8. The van der Waals surface area contributed by atoms with E-state index in [0.29, 0.717) is 24.7 Å². The number of rotatable bonds is 16. The molecule has 2 heterocycles. The van der Waals surface area contributed by atoms with Crippen molar-refractivity contribution in [1.29, 1.82) is 0 Å². The van der Waals surface area contributed by atoms with Crippen molar-refractivity contribution in [3.8, 4) is 17.1 Å². The number of methoxy groups -OCH3 is 1. The number of carboxylic acid groups (broad SMARTS) is 1. The molecule has 0 aliphatic carbocycles. The monoisotopic (exact) mass is 763 g/mol. The van der Waals surface area contributed by atoms with Crippen LogP contribution in [-0.2, 0) is 21.3 Å². The Kier molecular flexibility index (Phi) is 16.0. The van der Waals surface area contributed by atoms with Crippen molar-refractivity contribution in [3.63, 3.8) is 0 Å². The minimum atomic E-state index is -4.24. The molecule has 0 unspecified atom stereocenters. The van der Waals surface area contributed by atoms with Gasteiger partial charge in [0.25, 0.3) is 10.0 Å². The van der Waals surface area contributed by atoms with Gasteiger partial charge in [0.1, 0.15) is 12.4 Å². The van der Waals surface area contributed by atoms with Crippen LogP contribution in [0.5, 0.6) is 5.88 Å². The molecule has 278 valence electrons. The van der Waals surface area contributed by atoms with Gasteiger partial charge < -0.3 is 24.8 Å². The van der Waals surface area contributed by atoms with Crippen LogP contribution >= 0.6 is 24.8 Å². The first-order valence-corrected chi connectivity index (χ1v) is 17.3. The molecule has 0 saturated heterocycles. The molecule has 4 rings (SSSR count). The first kappa shape index (κ1) is 43.1. The maximum Gasteiger partial charge on any atom is 0.335 e. The van der Waals surface area contributed by atoms with Gasteiger partial charge in [-0.25, -0.2) is 32.9 Å². The summed E-state index contributed by atoms with van der Waals surface area (Å²) in [5, 5.41) is 12.9. The van der Waals surface area contributed by atoms with Crippen molar-refractivity contribution in [2.24, 2.45) is 5.41 Å². The number of ether oxygens (including phenoxy) is 2. The molecule has 0 saturated carbocycles. The molecule has 4 aromatic rings. The van der Waals surface area contributed by atoms with E-state index < -0.39 is 16.0 Å². The molecule has 0 bridgehead atoms. The quantitative estimate of drug-likeness (QED) is 0.123. The van der Waals surface area contributed by atoms with Crippen molar-refractivity contribution in [3.05, 3.63) is 83.4 Å². The second-order valence-electron chi connectivity index (χ2n) is 13.0. The average molecular weight is 765 g/mol. The van der Waals surface area contributed by atoms with Crippen LogP contribution in [-0.4, -0.2) is 79.4 Å². The highest BCUT2D eigenvalue weighted by Gasteiger charge is 2.23. The summed E-state index contributed by atoms with van der Waals surface area (Å²) in [5.74, 6) is -0.649. The molecule has 16 heteroatoms. The fourth-order valence-corrected chi connectivity index (χ4v) is 6.20. The lowest BCUT2D eigenvalue weighted by Crippen LogP contribution is -2.38. The summed E-state index contributed by atoms with van der Waals surface area (Å²) in [4.78, 5) is 31.3. The zero-order chi connectivity index (χ0) is 35.8. The number of hydrogen-bond acceptors (Lipinski definition) is 11. The topological polar surface area (TPSA) is 169 Å². The van der Waals surface area contributed by atoms with Crippen molar-refractivity contribution >= 4 is 52.4 Å². The molecular formula is C35H47Cl2N7O6S. The predicted octanol–water partition coefficient (Wildman–Crippen LogP) is 5.95. The van der Waals surface area contributed by atoms with Gasteiger partial charge in [0.05, 0.1) is 47.4 Å². The van der Waals surface area contributed by atoms with E-state index in [1.807, 2.05) is 44.0 Å². The third-order valence-electron chi connectivity index (χ3n) is 7.66. The Hall–Kier alpha value is -4.08. The number of carbonyl (C=O) groups is 1. The molecule has 0 fully saturated rings. The molecule has 0 amide bonds. The SMILES string of the molecule is COCCN(C)c1cnc(CN[C@@H](COc2cc(-c3c(C)cccc3C)nc(NS(=O)(=O)c3cccc(C(=O)O)c3)n2)CC(C)(C)C)nc1.Cl.Cl. The highest BCUT2D eigenvalue weighted by atomic mass is 35.5. The Balaban J connectivity index is 0.00000451. The third-order valence-corrected chi connectivity index (χ3v) is 8.99. The maximum atomic E-state index is 13.4. The zero-order valence-corrected chi connectivity index (χ0v) is 32.3. The lowest BCUT2D eigenvalue weighted by atomic mass is 9.88. The second-order valence-corrected chi connectivity index (χ2v) is 14.7. The number of nitrogens with one attached hydrogen (secondary N) is 2. The van der Waals surface area contributed by atoms with Crippen LogP contribution in [0.1, 0.15) is 54.5 Å². The van der Waals surface area contributed by atoms with Gasteiger partial charge in [-0.3, -0.25) is 0 Å². The molecule has 51 heavy (non-hydrogen) atoms.